The van der Waals surface area contributed by atoms with Crippen molar-refractivity contribution < 1.29 is 9.90 Å². The number of carboxylic acid groups (broad SMARTS) is 1. The Bertz CT molecular complexity index is 449. The lowest BCUT2D eigenvalue weighted by Crippen LogP contribution is -2.02. The van der Waals surface area contributed by atoms with Gasteiger partial charge in [0.05, 0.1) is 0 Å². The van der Waals surface area contributed by atoms with Gasteiger partial charge in [-0.2, -0.15) is 0 Å². The predicted octanol–water partition coefficient (Wildman–Crippen LogP) is 2.00. The van der Waals surface area contributed by atoms with Crippen molar-refractivity contribution in [1.82, 2.24) is 0 Å². The number of carboxylic acids is 1. The third-order valence-corrected chi connectivity index (χ3v) is 2.66. The first-order valence-electron chi connectivity index (χ1n) is 5.12. The fraction of sp³-hybridized carbons (Fsp3) is 0.308. The molecule has 2 heteroatoms. The average Bonchev–Trinajstić information content (AvgIpc) is 2.26. The Kier molecular flexibility index (Phi) is 2.73. The number of fused-ring (bicyclic) bond motifs is 1. The van der Waals surface area contributed by atoms with Crippen LogP contribution in [0.2, 0.25) is 0 Å². The Morgan fingerprint density at radius 1 is 1.20 bits per heavy atom. The van der Waals surface area contributed by atoms with Gasteiger partial charge in [-0.05, 0) is 48.9 Å². The van der Waals surface area contributed by atoms with Crippen LogP contribution in [0.4, 0.5) is 0 Å². The highest BCUT2D eigenvalue weighted by Gasteiger charge is 2.08. The van der Waals surface area contributed by atoms with Crippen molar-refractivity contribution >= 4 is 5.97 Å². The molecule has 2 nitrogen and oxygen atoms in total. The molecule has 0 radical (unpaired) electrons. The number of aliphatic carboxylic acids is 1. The van der Waals surface area contributed by atoms with Crippen LogP contribution in [-0.4, -0.2) is 11.1 Å². The van der Waals surface area contributed by atoms with Gasteiger partial charge in [0.25, 0.3) is 0 Å². The molecular formula is C13H12O2. The van der Waals surface area contributed by atoms with E-state index in [9.17, 15) is 4.79 Å². The Hall–Kier alpha value is -1.75. The van der Waals surface area contributed by atoms with Crippen LogP contribution in [0.25, 0.3) is 0 Å². The van der Waals surface area contributed by atoms with E-state index in [1.807, 2.05) is 12.1 Å². The van der Waals surface area contributed by atoms with Crippen molar-refractivity contribution in [3.05, 3.63) is 34.9 Å². The van der Waals surface area contributed by atoms with Gasteiger partial charge in [0.1, 0.15) is 0 Å². The summed E-state index contributed by atoms with van der Waals surface area (Å²) in [6, 6.07) is 5.99. The molecule has 0 saturated carbocycles. The molecule has 1 aromatic carbocycles. The zero-order valence-corrected chi connectivity index (χ0v) is 8.42. The van der Waals surface area contributed by atoms with Crippen molar-refractivity contribution in [2.24, 2.45) is 0 Å². The van der Waals surface area contributed by atoms with Crippen LogP contribution in [0, 0.1) is 11.8 Å². The quantitative estimate of drug-likeness (QED) is 0.650. The van der Waals surface area contributed by atoms with Crippen LogP contribution >= 0.6 is 0 Å². The summed E-state index contributed by atoms with van der Waals surface area (Å²) < 4.78 is 0. The number of hydrogen-bond donors (Lipinski definition) is 1. The molecule has 0 fully saturated rings. The van der Waals surface area contributed by atoms with E-state index in [4.69, 9.17) is 5.11 Å². The minimum absolute atomic E-state index is 0.804. The first-order chi connectivity index (χ1) is 7.25. The lowest BCUT2D eigenvalue weighted by atomic mass is 9.90. The van der Waals surface area contributed by atoms with Gasteiger partial charge in [0.2, 0.25) is 0 Å². The molecule has 0 saturated heterocycles. The van der Waals surface area contributed by atoms with Crippen molar-refractivity contribution in [2.75, 3.05) is 0 Å². The van der Waals surface area contributed by atoms with E-state index in [1.165, 1.54) is 24.0 Å². The number of benzene rings is 1. The molecule has 0 heterocycles. The van der Waals surface area contributed by atoms with Gasteiger partial charge in [0, 0.05) is 11.5 Å². The van der Waals surface area contributed by atoms with Crippen LogP contribution in [0.15, 0.2) is 18.2 Å². The highest BCUT2D eigenvalue weighted by atomic mass is 16.4. The van der Waals surface area contributed by atoms with E-state index in [-0.39, 0.29) is 0 Å². The zero-order valence-electron chi connectivity index (χ0n) is 8.42. The van der Waals surface area contributed by atoms with Crippen molar-refractivity contribution in [3.8, 4) is 11.8 Å². The van der Waals surface area contributed by atoms with Gasteiger partial charge in [0.15, 0.2) is 0 Å². The van der Waals surface area contributed by atoms with Crippen molar-refractivity contribution in [1.29, 1.82) is 0 Å². The van der Waals surface area contributed by atoms with Crippen LogP contribution in [0.1, 0.15) is 29.5 Å². The summed E-state index contributed by atoms with van der Waals surface area (Å²) in [5.41, 5.74) is 3.53. The third-order valence-electron chi connectivity index (χ3n) is 2.66. The maximum Gasteiger partial charge on any atom is 0.382 e. The molecule has 0 unspecified atom stereocenters. The summed E-state index contributed by atoms with van der Waals surface area (Å²) >= 11 is 0. The number of carbonyl (C=O) groups is 1. The summed E-state index contributed by atoms with van der Waals surface area (Å²) in [4.78, 5) is 10.3. The van der Waals surface area contributed by atoms with Crippen LogP contribution < -0.4 is 0 Å². The van der Waals surface area contributed by atoms with E-state index in [0.29, 0.717) is 0 Å². The normalized spacial score (nSPS) is 13.6. The second-order valence-corrected chi connectivity index (χ2v) is 3.75. The summed E-state index contributed by atoms with van der Waals surface area (Å²) in [6.45, 7) is 0. The van der Waals surface area contributed by atoms with E-state index in [0.717, 1.165) is 18.4 Å². The molecule has 1 aromatic rings. The second kappa shape index (κ2) is 4.18. The molecular weight excluding hydrogens is 188 g/mol. The largest absolute Gasteiger partial charge is 0.472 e. The van der Waals surface area contributed by atoms with E-state index >= 15 is 0 Å². The summed E-state index contributed by atoms with van der Waals surface area (Å²) in [6.07, 6.45) is 4.72. The lowest BCUT2D eigenvalue weighted by molar-refractivity contribution is -0.130. The van der Waals surface area contributed by atoms with Crippen molar-refractivity contribution in [3.63, 3.8) is 0 Å². The van der Waals surface area contributed by atoms with Crippen molar-refractivity contribution in [2.45, 2.75) is 25.7 Å². The Morgan fingerprint density at radius 3 is 2.67 bits per heavy atom. The minimum atomic E-state index is -1.08. The van der Waals surface area contributed by atoms with Gasteiger partial charge in [-0.15, -0.1) is 0 Å². The van der Waals surface area contributed by atoms with Gasteiger partial charge in [-0.3, -0.25) is 0 Å². The Labute approximate surface area is 88.9 Å². The molecule has 1 N–H and O–H groups in total. The smallest absolute Gasteiger partial charge is 0.382 e. The van der Waals surface area contributed by atoms with Gasteiger partial charge < -0.3 is 5.11 Å². The highest BCUT2D eigenvalue weighted by molar-refractivity contribution is 5.87. The number of hydrogen-bond acceptors (Lipinski definition) is 1. The molecule has 1 aliphatic carbocycles. The van der Waals surface area contributed by atoms with E-state index in [2.05, 4.69) is 17.9 Å². The summed E-state index contributed by atoms with van der Waals surface area (Å²) in [5, 5.41) is 8.44. The Morgan fingerprint density at radius 2 is 1.93 bits per heavy atom. The number of rotatable bonds is 0. The standard InChI is InChI=1S/C13H12O2/c14-13(15)8-6-10-5-7-11-3-1-2-4-12(11)9-10/h5,7,9H,1-4H2,(H,14,15). The summed E-state index contributed by atoms with van der Waals surface area (Å²) in [5.74, 6) is 3.70. The molecule has 76 valence electrons. The molecule has 0 aromatic heterocycles. The molecule has 0 atom stereocenters. The highest BCUT2D eigenvalue weighted by Crippen LogP contribution is 2.21. The van der Waals surface area contributed by atoms with E-state index in [1.54, 1.807) is 0 Å². The molecule has 0 amide bonds. The Balaban J connectivity index is 2.29. The van der Waals surface area contributed by atoms with Crippen LogP contribution in [0.3, 0.4) is 0 Å². The SMILES string of the molecule is O=C(O)C#Cc1ccc2c(c1)CCCC2. The first kappa shape index (κ1) is 9.79. The van der Waals surface area contributed by atoms with Gasteiger partial charge >= 0.3 is 5.97 Å². The van der Waals surface area contributed by atoms with E-state index < -0.39 is 5.97 Å². The zero-order chi connectivity index (χ0) is 10.7. The molecule has 1 aliphatic rings. The topological polar surface area (TPSA) is 37.3 Å². The fourth-order valence-corrected chi connectivity index (χ4v) is 1.94. The monoisotopic (exact) mass is 200 g/mol. The molecule has 15 heavy (non-hydrogen) atoms. The third kappa shape index (κ3) is 2.38. The van der Waals surface area contributed by atoms with Gasteiger partial charge in [-0.1, -0.05) is 12.0 Å². The second-order valence-electron chi connectivity index (χ2n) is 3.75. The van der Waals surface area contributed by atoms with Crippen LogP contribution in [0.5, 0.6) is 0 Å². The maximum absolute atomic E-state index is 10.3. The number of aryl methyl sites for hydroxylation is 2. The first-order valence-corrected chi connectivity index (χ1v) is 5.12. The fourth-order valence-electron chi connectivity index (χ4n) is 1.94. The maximum atomic E-state index is 10.3. The lowest BCUT2D eigenvalue weighted by Gasteiger charge is -2.15. The molecule has 0 bridgehead atoms. The molecule has 2 rings (SSSR count). The molecule has 0 aliphatic heterocycles. The van der Waals surface area contributed by atoms with Crippen LogP contribution in [-0.2, 0) is 17.6 Å². The van der Waals surface area contributed by atoms with Gasteiger partial charge in [-0.25, -0.2) is 4.79 Å². The minimum Gasteiger partial charge on any atom is -0.472 e. The predicted molar refractivity (Wildman–Crippen MR) is 57.6 cm³/mol. The molecule has 0 spiro atoms. The average molecular weight is 200 g/mol. The summed E-state index contributed by atoms with van der Waals surface area (Å²) in [7, 11) is 0.